The Labute approximate surface area is 218 Å². The lowest BCUT2D eigenvalue weighted by Crippen LogP contribution is -2.32. The van der Waals surface area contributed by atoms with Crippen molar-refractivity contribution in [2.24, 2.45) is 0 Å². The zero-order chi connectivity index (χ0) is 26.1. The van der Waals surface area contributed by atoms with Crippen molar-refractivity contribution in [3.05, 3.63) is 72.1 Å². The monoisotopic (exact) mass is 497 g/mol. The number of carbonyl (C=O) groups excluding carboxylic acids is 1. The second-order valence-electron chi connectivity index (χ2n) is 10.2. The standard InChI is InChI=1S/C30H35N5O2/c1-19-13-23(9-10-28(19)35-12-11-25(18-35)31-3)24-14-26-27(16-33-29(26)32-15-24)21-5-7-22(8-6-21)30(37)34(4)17-20(2)36/h5-10,13-16,20,25,31,36H,11-12,17-18H2,1-4H3,(H,32,33)/t20-,25+/m1/s1. The molecule has 5 rings (SSSR count). The normalized spacial score (nSPS) is 16.4. The lowest BCUT2D eigenvalue weighted by Gasteiger charge is -2.21. The Morgan fingerprint density at radius 1 is 1.19 bits per heavy atom. The van der Waals surface area contributed by atoms with Crippen LogP contribution in [0.15, 0.2) is 60.9 Å². The lowest BCUT2D eigenvalue weighted by atomic mass is 9.99. The second kappa shape index (κ2) is 10.4. The molecule has 2 aromatic carbocycles. The highest BCUT2D eigenvalue weighted by Gasteiger charge is 2.22. The Balaban J connectivity index is 1.40. The van der Waals surface area contributed by atoms with Crippen LogP contribution < -0.4 is 10.2 Å². The molecule has 3 N–H and O–H groups in total. The summed E-state index contributed by atoms with van der Waals surface area (Å²) in [6.07, 6.45) is 4.50. The Kier molecular flexibility index (Phi) is 7.00. The molecule has 0 spiro atoms. The molecule has 37 heavy (non-hydrogen) atoms. The topological polar surface area (TPSA) is 84.5 Å². The van der Waals surface area contributed by atoms with Crippen LogP contribution in [0.5, 0.6) is 0 Å². The number of nitrogens with zero attached hydrogens (tertiary/aromatic N) is 3. The number of aromatic amines is 1. The molecule has 0 unspecified atom stereocenters. The van der Waals surface area contributed by atoms with Crippen LogP contribution in [0, 0.1) is 6.92 Å². The van der Waals surface area contributed by atoms with Gasteiger partial charge >= 0.3 is 0 Å². The number of hydrogen-bond acceptors (Lipinski definition) is 5. The number of pyridine rings is 1. The van der Waals surface area contributed by atoms with E-state index in [0.29, 0.717) is 18.2 Å². The van der Waals surface area contributed by atoms with Crippen molar-refractivity contribution in [1.82, 2.24) is 20.2 Å². The molecule has 7 heteroatoms. The number of benzene rings is 2. The van der Waals surface area contributed by atoms with E-state index in [1.807, 2.05) is 43.7 Å². The quantitative estimate of drug-likeness (QED) is 0.351. The van der Waals surface area contributed by atoms with Gasteiger partial charge in [-0.1, -0.05) is 18.2 Å². The van der Waals surface area contributed by atoms with Crippen molar-refractivity contribution in [3.63, 3.8) is 0 Å². The number of aliphatic hydroxyl groups is 1. The molecule has 3 heterocycles. The second-order valence-corrected chi connectivity index (χ2v) is 10.2. The third-order valence-electron chi connectivity index (χ3n) is 7.33. The van der Waals surface area contributed by atoms with E-state index in [4.69, 9.17) is 4.98 Å². The van der Waals surface area contributed by atoms with Gasteiger partial charge in [0, 0.05) is 72.9 Å². The summed E-state index contributed by atoms with van der Waals surface area (Å²) in [6.45, 7) is 6.27. The van der Waals surface area contributed by atoms with Crippen molar-refractivity contribution in [2.45, 2.75) is 32.4 Å². The van der Waals surface area contributed by atoms with Gasteiger partial charge in [-0.25, -0.2) is 4.98 Å². The summed E-state index contributed by atoms with van der Waals surface area (Å²) >= 11 is 0. The molecule has 0 radical (unpaired) electrons. The SMILES string of the molecule is CN[C@H]1CCN(c2ccc(-c3cnc4[nH]cc(-c5ccc(C(=O)N(C)C[C@@H](C)O)cc5)c4c3)cc2C)C1. The maximum Gasteiger partial charge on any atom is 0.253 e. The maximum absolute atomic E-state index is 12.7. The molecule has 2 aromatic heterocycles. The largest absolute Gasteiger partial charge is 0.392 e. The molecule has 2 atom stereocenters. The summed E-state index contributed by atoms with van der Waals surface area (Å²) in [6, 6.07) is 17.0. The molecule has 0 bridgehead atoms. The predicted octanol–water partition coefficient (Wildman–Crippen LogP) is 4.46. The first-order valence-corrected chi connectivity index (χ1v) is 12.9. The van der Waals surface area contributed by atoms with Gasteiger partial charge in [-0.15, -0.1) is 0 Å². The first kappa shape index (κ1) is 25.0. The van der Waals surface area contributed by atoms with Crippen molar-refractivity contribution in [3.8, 4) is 22.3 Å². The smallest absolute Gasteiger partial charge is 0.253 e. The summed E-state index contributed by atoms with van der Waals surface area (Å²) in [5.74, 6) is -0.107. The molecule has 192 valence electrons. The van der Waals surface area contributed by atoms with E-state index < -0.39 is 6.10 Å². The number of amides is 1. The summed E-state index contributed by atoms with van der Waals surface area (Å²) in [4.78, 5) is 24.6. The minimum absolute atomic E-state index is 0.107. The van der Waals surface area contributed by atoms with E-state index in [-0.39, 0.29) is 5.91 Å². The molecule has 1 aliphatic heterocycles. The van der Waals surface area contributed by atoms with Crippen LogP contribution in [0.2, 0.25) is 0 Å². The molecule has 4 aromatic rings. The minimum atomic E-state index is -0.563. The molecule has 1 saturated heterocycles. The van der Waals surface area contributed by atoms with Crippen LogP contribution in [0.25, 0.3) is 33.3 Å². The average Bonchev–Trinajstić information content (AvgIpc) is 3.55. The van der Waals surface area contributed by atoms with Gasteiger partial charge in [-0.3, -0.25) is 4.79 Å². The van der Waals surface area contributed by atoms with E-state index >= 15 is 0 Å². The van der Waals surface area contributed by atoms with Gasteiger partial charge in [-0.2, -0.15) is 0 Å². The van der Waals surface area contributed by atoms with Crippen LogP contribution in [0.1, 0.15) is 29.3 Å². The third-order valence-corrected chi connectivity index (χ3v) is 7.33. The fourth-order valence-electron chi connectivity index (χ4n) is 5.30. The Morgan fingerprint density at radius 2 is 1.95 bits per heavy atom. The number of H-pyrrole nitrogens is 1. The van der Waals surface area contributed by atoms with Crippen molar-refractivity contribution in [2.75, 3.05) is 38.6 Å². The molecule has 1 fully saturated rings. The summed E-state index contributed by atoms with van der Waals surface area (Å²) < 4.78 is 0. The predicted molar refractivity (Wildman–Crippen MR) is 150 cm³/mol. The van der Waals surface area contributed by atoms with Crippen molar-refractivity contribution < 1.29 is 9.90 Å². The third kappa shape index (κ3) is 5.10. The van der Waals surface area contributed by atoms with Gasteiger partial charge < -0.3 is 25.2 Å². The van der Waals surface area contributed by atoms with Gasteiger partial charge in [0.15, 0.2) is 0 Å². The van der Waals surface area contributed by atoms with Crippen LogP contribution in [-0.4, -0.2) is 71.8 Å². The number of aromatic nitrogens is 2. The van der Waals surface area contributed by atoms with Crippen LogP contribution in [0.3, 0.4) is 0 Å². The highest BCUT2D eigenvalue weighted by Crippen LogP contribution is 2.33. The number of nitrogens with one attached hydrogen (secondary N) is 2. The zero-order valence-electron chi connectivity index (χ0n) is 22.0. The Hall–Kier alpha value is -3.68. The van der Waals surface area contributed by atoms with Crippen molar-refractivity contribution >= 4 is 22.6 Å². The van der Waals surface area contributed by atoms with Gasteiger partial charge in [0.2, 0.25) is 0 Å². The van der Waals surface area contributed by atoms with Crippen LogP contribution >= 0.6 is 0 Å². The number of fused-ring (bicyclic) bond motifs is 1. The zero-order valence-corrected chi connectivity index (χ0v) is 22.0. The number of likely N-dealkylation sites (N-methyl/N-ethyl adjacent to an activating group) is 2. The highest BCUT2D eigenvalue weighted by molar-refractivity contribution is 5.98. The van der Waals surface area contributed by atoms with Gasteiger partial charge in [-0.05, 0) is 74.3 Å². The van der Waals surface area contributed by atoms with E-state index in [1.165, 1.54) is 22.6 Å². The first-order valence-electron chi connectivity index (χ1n) is 12.9. The summed E-state index contributed by atoms with van der Waals surface area (Å²) in [5.41, 5.74) is 8.28. The van der Waals surface area contributed by atoms with Gasteiger partial charge in [0.1, 0.15) is 5.65 Å². The number of carbonyl (C=O) groups is 1. The number of anilines is 1. The number of aryl methyl sites for hydroxylation is 1. The molecule has 0 aliphatic carbocycles. The van der Waals surface area contributed by atoms with E-state index in [9.17, 15) is 9.90 Å². The first-order chi connectivity index (χ1) is 17.8. The van der Waals surface area contributed by atoms with E-state index in [2.05, 4.69) is 46.4 Å². The van der Waals surface area contributed by atoms with E-state index in [0.717, 1.165) is 46.4 Å². The molecule has 7 nitrogen and oxygen atoms in total. The molecule has 1 aliphatic rings. The molecular weight excluding hydrogens is 462 g/mol. The van der Waals surface area contributed by atoms with Crippen LogP contribution in [0.4, 0.5) is 5.69 Å². The Morgan fingerprint density at radius 3 is 2.62 bits per heavy atom. The highest BCUT2D eigenvalue weighted by atomic mass is 16.3. The fraction of sp³-hybridized carbons (Fsp3) is 0.333. The summed E-state index contributed by atoms with van der Waals surface area (Å²) in [5, 5.41) is 14.0. The van der Waals surface area contributed by atoms with E-state index in [1.54, 1.807) is 14.0 Å². The summed E-state index contributed by atoms with van der Waals surface area (Å²) in [7, 11) is 3.74. The average molecular weight is 498 g/mol. The van der Waals surface area contributed by atoms with Crippen molar-refractivity contribution in [1.29, 1.82) is 0 Å². The van der Waals surface area contributed by atoms with Crippen LogP contribution in [-0.2, 0) is 0 Å². The maximum atomic E-state index is 12.7. The molecular formula is C30H35N5O2. The minimum Gasteiger partial charge on any atom is -0.392 e. The number of aliphatic hydroxyl groups excluding tert-OH is 1. The van der Waals surface area contributed by atoms with Gasteiger partial charge in [0.25, 0.3) is 5.91 Å². The Bertz CT molecular complexity index is 1410. The molecule has 1 amide bonds. The lowest BCUT2D eigenvalue weighted by molar-refractivity contribution is 0.0703. The fourth-order valence-corrected chi connectivity index (χ4v) is 5.30. The molecule has 0 saturated carbocycles. The van der Waals surface area contributed by atoms with Gasteiger partial charge in [0.05, 0.1) is 6.10 Å². The number of hydrogen-bond donors (Lipinski definition) is 3. The number of rotatable bonds is 7.